The summed E-state index contributed by atoms with van der Waals surface area (Å²) in [5.74, 6) is -2.69. The minimum absolute atomic E-state index is 0.0465. The van der Waals surface area contributed by atoms with E-state index >= 15 is 0 Å². The van der Waals surface area contributed by atoms with Gasteiger partial charge in [-0.2, -0.15) is 13.4 Å². The average Bonchev–Trinajstić information content (AvgIpc) is 2.73. The van der Waals surface area contributed by atoms with Crippen LogP contribution in [0.25, 0.3) is 0 Å². The predicted molar refractivity (Wildman–Crippen MR) is 128 cm³/mol. The number of benzene rings is 1. The summed E-state index contributed by atoms with van der Waals surface area (Å²) in [7, 11) is -3.98. The number of aromatic nitrogens is 2. The van der Waals surface area contributed by atoms with E-state index in [4.69, 9.17) is 15.0 Å². The van der Waals surface area contributed by atoms with E-state index in [-0.39, 0.29) is 46.3 Å². The number of rotatable bonds is 11. The van der Waals surface area contributed by atoms with Crippen LogP contribution in [0, 0.1) is 5.92 Å². The molecule has 190 valence electrons. The zero-order valence-electron chi connectivity index (χ0n) is 19.8. The van der Waals surface area contributed by atoms with Crippen LogP contribution in [0.5, 0.6) is 5.75 Å². The standard InChI is InChI=1S/C21H28N6O7S/c1-10(2)11(3)24-18-15(17(22)28)9-23-21(27-18)26-13-6-7-16(34-35(5,32)33)14(8-13)19(29)25-12(4)20(30)31/h6-12H,1-5H3,(H2,22,28)(H,25,29)(H,30,31)(H2,23,24,26,27). The van der Waals surface area contributed by atoms with Crippen LogP contribution in [-0.2, 0) is 14.9 Å². The molecule has 2 rings (SSSR count). The largest absolute Gasteiger partial charge is 0.480 e. The van der Waals surface area contributed by atoms with Crippen molar-refractivity contribution >= 4 is 45.4 Å². The smallest absolute Gasteiger partial charge is 0.325 e. The molecule has 2 aromatic rings. The Kier molecular flexibility index (Phi) is 8.57. The maximum Gasteiger partial charge on any atom is 0.325 e. The highest BCUT2D eigenvalue weighted by Crippen LogP contribution is 2.26. The van der Waals surface area contributed by atoms with Gasteiger partial charge in [0.1, 0.15) is 11.9 Å². The number of hydrogen-bond donors (Lipinski definition) is 5. The fraction of sp³-hybridized carbons (Fsp3) is 0.381. The predicted octanol–water partition coefficient (Wildman–Crippen LogP) is 1.32. The van der Waals surface area contributed by atoms with Gasteiger partial charge in [0, 0.05) is 17.9 Å². The number of carboxylic acid groups (broad SMARTS) is 1. The third-order valence-electron chi connectivity index (χ3n) is 4.86. The molecule has 6 N–H and O–H groups in total. The molecule has 14 heteroatoms. The molecule has 0 bridgehead atoms. The SMILES string of the molecule is CC(NC(=O)c1cc(Nc2ncc(C(N)=O)c(NC(C)C(C)C)n2)ccc1OS(C)(=O)=O)C(=O)O. The number of carboxylic acids is 1. The Morgan fingerprint density at radius 3 is 2.31 bits per heavy atom. The van der Waals surface area contributed by atoms with Gasteiger partial charge >= 0.3 is 16.1 Å². The van der Waals surface area contributed by atoms with Crippen LogP contribution in [0.3, 0.4) is 0 Å². The van der Waals surface area contributed by atoms with Crippen LogP contribution in [-0.4, -0.2) is 59.6 Å². The van der Waals surface area contributed by atoms with Crippen molar-refractivity contribution in [3.63, 3.8) is 0 Å². The van der Waals surface area contributed by atoms with E-state index in [0.29, 0.717) is 0 Å². The fourth-order valence-electron chi connectivity index (χ4n) is 2.60. The maximum atomic E-state index is 12.7. The molecule has 0 saturated heterocycles. The Labute approximate surface area is 202 Å². The summed E-state index contributed by atoms with van der Waals surface area (Å²) >= 11 is 0. The third-order valence-corrected chi connectivity index (χ3v) is 5.34. The summed E-state index contributed by atoms with van der Waals surface area (Å²) < 4.78 is 28.1. The molecule has 0 saturated carbocycles. The molecule has 0 spiro atoms. The quantitative estimate of drug-likeness (QED) is 0.274. The topological polar surface area (TPSA) is 203 Å². The van der Waals surface area contributed by atoms with Crippen molar-refractivity contribution in [2.24, 2.45) is 11.7 Å². The Morgan fingerprint density at radius 1 is 1.11 bits per heavy atom. The molecule has 1 aromatic carbocycles. The molecule has 35 heavy (non-hydrogen) atoms. The Morgan fingerprint density at radius 2 is 1.77 bits per heavy atom. The van der Waals surface area contributed by atoms with Gasteiger partial charge in [0.25, 0.3) is 11.8 Å². The van der Waals surface area contributed by atoms with Crippen molar-refractivity contribution in [3.8, 4) is 5.75 Å². The number of hydrogen-bond acceptors (Lipinski definition) is 10. The monoisotopic (exact) mass is 508 g/mol. The zero-order valence-corrected chi connectivity index (χ0v) is 20.6. The lowest BCUT2D eigenvalue weighted by atomic mass is 10.1. The van der Waals surface area contributed by atoms with Crippen LogP contribution in [0.4, 0.5) is 17.5 Å². The molecule has 2 unspecified atom stereocenters. The van der Waals surface area contributed by atoms with Gasteiger partial charge in [-0.25, -0.2) is 4.98 Å². The van der Waals surface area contributed by atoms with Crippen molar-refractivity contribution < 1.29 is 32.1 Å². The van der Waals surface area contributed by atoms with Gasteiger partial charge in [-0.1, -0.05) is 13.8 Å². The van der Waals surface area contributed by atoms with Crippen molar-refractivity contribution in [3.05, 3.63) is 35.5 Å². The number of nitrogens with two attached hydrogens (primary N) is 1. The van der Waals surface area contributed by atoms with E-state index in [1.54, 1.807) is 0 Å². The first-order chi connectivity index (χ1) is 16.2. The van der Waals surface area contributed by atoms with Crippen LogP contribution < -0.4 is 25.9 Å². The third kappa shape index (κ3) is 7.81. The molecule has 2 amide bonds. The zero-order chi connectivity index (χ0) is 26.5. The summed E-state index contributed by atoms with van der Waals surface area (Å²) in [5, 5.41) is 17.3. The molecule has 13 nitrogen and oxygen atoms in total. The molecule has 1 aromatic heterocycles. The lowest BCUT2D eigenvalue weighted by molar-refractivity contribution is -0.138. The van der Waals surface area contributed by atoms with Gasteiger partial charge in [-0.15, -0.1) is 0 Å². The molecule has 0 radical (unpaired) electrons. The van der Waals surface area contributed by atoms with E-state index in [2.05, 4.69) is 25.9 Å². The van der Waals surface area contributed by atoms with Crippen LogP contribution in [0.2, 0.25) is 0 Å². The van der Waals surface area contributed by atoms with Crippen LogP contribution in [0.15, 0.2) is 24.4 Å². The van der Waals surface area contributed by atoms with E-state index in [1.807, 2.05) is 20.8 Å². The van der Waals surface area contributed by atoms with Crippen molar-refractivity contribution in [1.29, 1.82) is 0 Å². The molecular formula is C21H28N6O7S. The van der Waals surface area contributed by atoms with E-state index in [1.165, 1.54) is 31.3 Å². The molecule has 0 aliphatic rings. The lowest BCUT2D eigenvalue weighted by Crippen LogP contribution is -2.38. The molecule has 1 heterocycles. The van der Waals surface area contributed by atoms with Crippen molar-refractivity contribution in [2.75, 3.05) is 16.9 Å². The highest BCUT2D eigenvalue weighted by atomic mass is 32.2. The fourth-order valence-corrected chi connectivity index (χ4v) is 3.07. The Balaban J connectivity index is 2.44. The van der Waals surface area contributed by atoms with Gasteiger partial charge in [-0.3, -0.25) is 14.4 Å². The number of nitrogens with zero attached hydrogens (tertiary/aromatic N) is 2. The van der Waals surface area contributed by atoms with Gasteiger partial charge in [0.15, 0.2) is 5.75 Å². The minimum atomic E-state index is -3.98. The van der Waals surface area contributed by atoms with E-state index < -0.39 is 33.9 Å². The molecule has 2 atom stereocenters. The molecule has 0 aliphatic heterocycles. The second-order valence-corrected chi connectivity index (χ2v) is 9.73. The van der Waals surface area contributed by atoms with Gasteiger partial charge < -0.3 is 31.0 Å². The number of carbonyl (C=O) groups is 3. The highest BCUT2D eigenvalue weighted by molar-refractivity contribution is 7.86. The molecule has 0 fully saturated rings. The number of aliphatic carboxylic acids is 1. The first kappa shape index (κ1) is 27.3. The van der Waals surface area contributed by atoms with Gasteiger partial charge in [0.05, 0.1) is 17.4 Å². The van der Waals surface area contributed by atoms with Crippen molar-refractivity contribution in [2.45, 2.75) is 39.8 Å². The highest BCUT2D eigenvalue weighted by Gasteiger charge is 2.22. The Hall–Kier alpha value is -3.94. The summed E-state index contributed by atoms with van der Waals surface area (Å²) in [6.45, 7) is 7.13. The van der Waals surface area contributed by atoms with E-state index in [0.717, 1.165) is 6.26 Å². The van der Waals surface area contributed by atoms with Gasteiger partial charge in [0.2, 0.25) is 5.95 Å². The number of carbonyl (C=O) groups excluding carboxylic acids is 2. The van der Waals surface area contributed by atoms with Crippen molar-refractivity contribution in [1.82, 2.24) is 15.3 Å². The van der Waals surface area contributed by atoms with Gasteiger partial charge in [-0.05, 0) is 38.0 Å². The number of anilines is 3. The second kappa shape index (κ2) is 11.0. The summed E-state index contributed by atoms with van der Waals surface area (Å²) in [6.07, 6.45) is 2.05. The van der Waals surface area contributed by atoms with E-state index in [9.17, 15) is 22.8 Å². The normalized spacial score (nSPS) is 13.0. The number of nitrogens with one attached hydrogen (secondary N) is 3. The average molecular weight is 509 g/mol. The van der Waals surface area contributed by atoms with Crippen LogP contribution in [0.1, 0.15) is 48.4 Å². The minimum Gasteiger partial charge on any atom is -0.480 e. The first-order valence-corrected chi connectivity index (χ1v) is 12.3. The lowest BCUT2D eigenvalue weighted by Gasteiger charge is -2.20. The summed E-state index contributed by atoms with van der Waals surface area (Å²) in [6, 6.07) is 2.59. The first-order valence-electron chi connectivity index (χ1n) is 10.5. The Bertz CT molecular complexity index is 1230. The second-order valence-electron chi connectivity index (χ2n) is 8.15. The summed E-state index contributed by atoms with van der Waals surface area (Å²) in [5.41, 5.74) is 5.52. The molecule has 0 aliphatic carbocycles. The molecular weight excluding hydrogens is 480 g/mol. The number of primary amides is 1. The summed E-state index contributed by atoms with van der Waals surface area (Å²) in [4.78, 5) is 43.9. The maximum absolute atomic E-state index is 12.7. The van der Waals surface area contributed by atoms with Crippen LogP contribution >= 0.6 is 0 Å². The number of amides is 2.